The summed E-state index contributed by atoms with van der Waals surface area (Å²) in [6.07, 6.45) is 2.97. The minimum Gasteiger partial charge on any atom is -0.383 e. The van der Waals surface area contributed by atoms with E-state index in [9.17, 15) is 13.2 Å². The number of rotatable bonds is 8. The second kappa shape index (κ2) is 9.76. The van der Waals surface area contributed by atoms with Gasteiger partial charge in [-0.05, 0) is 36.1 Å². The lowest BCUT2D eigenvalue weighted by molar-refractivity contribution is 0.0794. The Morgan fingerprint density at radius 2 is 1.86 bits per heavy atom. The lowest BCUT2D eigenvalue weighted by Gasteiger charge is -2.26. The Morgan fingerprint density at radius 1 is 1.14 bits per heavy atom. The summed E-state index contributed by atoms with van der Waals surface area (Å²) in [5.74, 6) is 0.246. The topological polar surface area (TPSA) is 84.9 Å². The molecule has 1 unspecified atom stereocenters. The van der Waals surface area contributed by atoms with Crippen LogP contribution in [0.4, 0.5) is 4.79 Å². The molecule has 3 rings (SSSR count). The Bertz CT molecular complexity index is 894. The zero-order chi connectivity index (χ0) is 20.7. The number of carbonyl (C=O) groups excluding carboxylic acids is 1. The number of amides is 2. The van der Waals surface area contributed by atoms with E-state index in [0.717, 1.165) is 36.8 Å². The number of hydrogen-bond donors (Lipinski definition) is 1. The van der Waals surface area contributed by atoms with E-state index in [0.29, 0.717) is 19.6 Å². The van der Waals surface area contributed by atoms with Crippen LogP contribution < -0.4 is 9.50 Å². The monoisotopic (exact) mass is 418 g/mol. The quantitative estimate of drug-likeness (QED) is 0.667. The van der Waals surface area contributed by atoms with Crippen LogP contribution in [0.15, 0.2) is 54.6 Å². The molecule has 1 heterocycles. The highest BCUT2D eigenvalue weighted by molar-refractivity contribution is 7.86. The number of hydrogen-bond acceptors (Lipinski definition) is 5. The first kappa shape index (κ1) is 21.1. The van der Waals surface area contributed by atoms with Gasteiger partial charge >= 0.3 is 16.1 Å². The number of benzene rings is 2. The lowest BCUT2D eigenvalue weighted by Crippen LogP contribution is -2.43. The van der Waals surface area contributed by atoms with Crippen LogP contribution in [-0.2, 0) is 27.9 Å². The van der Waals surface area contributed by atoms with Crippen molar-refractivity contribution in [1.82, 2.24) is 10.2 Å². The third kappa shape index (κ3) is 7.07. The van der Waals surface area contributed by atoms with E-state index in [-0.39, 0.29) is 17.9 Å². The predicted octanol–water partition coefficient (Wildman–Crippen LogP) is 2.92. The van der Waals surface area contributed by atoms with Crippen LogP contribution in [0.5, 0.6) is 5.75 Å². The molecule has 1 aliphatic rings. The van der Waals surface area contributed by atoms with Gasteiger partial charge in [0.2, 0.25) is 0 Å². The predicted molar refractivity (Wildman–Crippen MR) is 110 cm³/mol. The van der Waals surface area contributed by atoms with Crippen LogP contribution in [0.3, 0.4) is 0 Å². The third-order valence-corrected chi connectivity index (χ3v) is 5.06. The second-order valence-corrected chi connectivity index (χ2v) is 8.67. The van der Waals surface area contributed by atoms with Crippen LogP contribution in [0.1, 0.15) is 24.0 Å². The fraction of sp³-hybridized carbons (Fsp3) is 0.381. The summed E-state index contributed by atoms with van der Waals surface area (Å²) in [6.45, 7) is 2.06. The summed E-state index contributed by atoms with van der Waals surface area (Å²) >= 11 is 0. The van der Waals surface area contributed by atoms with E-state index < -0.39 is 10.1 Å². The summed E-state index contributed by atoms with van der Waals surface area (Å²) in [5.41, 5.74) is 1.90. The number of ether oxygens (including phenoxy) is 1. The van der Waals surface area contributed by atoms with E-state index in [1.165, 1.54) is 0 Å². The normalized spacial score (nSPS) is 16.4. The van der Waals surface area contributed by atoms with Crippen molar-refractivity contribution in [3.63, 3.8) is 0 Å². The average Bonchev–Trinajstić information content (AvgIpc) is 3.20. The Balaban J connectivity index is 1.65. The van der Waals surface area contributed by atoms with Gasteiger partial charge in [-0.25, -0.2) is 4.79 Å². The van der Waals surface area contributed by atoms with Crippen molar-refractivity contribution in [3.8, 4) is 5.75 Å². The maximum atomic E-state index is 12.8. The first-order valence-electron chi connectivity index (χ1n) is 9.56. The van der Waals surface area contributed by atoms with Gasteiger partial charge in [0.05, 0.1) is 12.4 Å². The molecular formula is C21H26N2O5S. The summed E-state index contributed by atoms with van der Waals surface area (Å²) in [4.78, 5) is 14.5. The van der Waals surface area contributed by atoms with Crippen molar-refractivity contribution in [2.75, 3.05) is 19.4 Å². The van der Waals surface area contributed by atoms with Crippen LogP contribution in [0.2, 0.25) is 0 Å². The second-order valence-electron chi connectivity index (χ2n) is 7.09. The van der Waals surface area contributed by atoms with E-state index in [1.807, 2.05) is 30.3 Å². The molecule has 1 aliphatic heterocycles. The van der Waals surface area contributed by atoms with Crippen LogP contribution in [0, 0.1) is 0 Å². The zero-order valence-corrected chi connectivity index (χ0v) is 17.2. The molecule has 0 radical (unpaired) electrons. The fourth-order valence-electron chi connectivity index (χ4n) is 3.18. The van der Waals surface area contributed by atoms with Crippen molar-refractivity contribution < 1.29 is 22.1 Å². The van der Waals surface area contributed by atoms with Gasteiger partial charge < -0.3 is 19.1 Å². The number of nitrogens with one attached hydrogen (secondary N) is 1. The maximum absolute atomic E-state index is 12.8. The Labute approximate surface area is 171 Å². The standard InChI is InChI=1S/C21H26N2O5S/c1-29(25,26)28-19-11-9-18(10-12-19)15-23(16-20-8-5-13-27-20)21(24)22-14-17-6-3-2-4-7-17/h2-4,6-7,9-12,20H,5,8,13-16H2,1H3,(H,22,24). The molecule has 2 amide bonds. The molecule has 2 aromatic rings. The molecule has 1 N–H and O–H groups in total. The molecule has 0 saturated carbocycles. The highest BCUT2D eigenvalue weighted by Crippen LogP contribution is 2.18. The first-order chi connectivity index (χ1) is 13.9. The number of urea groups is 1. The minimum atomic E-state index is -3.57. The molecule has 156 valence electrons. The zero-order valence-electron chi connectivity index (χ0n) is 16.4. The van der Waals surface area contributed by atoms with Gasteiger partial charge in [0.15, 0.2) is 0 Å². The van der Waals surface area contributed by atoms with Crippen LogP contribution in [0.25, 0.3) is 0 Å². The largest absolute Gasteiger partial charge is 0.383 e. The van der Waals surface area contributed by atoms with Crippen molar-refractivity contribution >= 4 is 16.1 Å². The molecule has 0 spiro atoms. The molecule has 29 heavy (non-hydrogen) atoms. The van der Waals surface area contributed by atoms with Gasteiger partial charge in [0.25, 0.3) is 0 Å². The maximum Gasteiger partial charge on any atom is 0.318 e. The molecule has 7 nitrogen and oxygen atoms in total. The van der Waals surface area contributed by atoms with E-state index in [4.69, 9.17) is 8.92 Å². The van der Waals surface area contributed by atoms with Crippen LogP contribution in [-0.4, -0.2) is 44.9 Å². The van der Waals surface area contributed by atoms with Crippen molar-refractivity contribution in [3.05, 3.63) is 65.7 Å². The van der Waals surface area contributed by atoms with Crippen molar-refractivity contribution in [1.29, 1.82) is 0 Å². The summed E-state index contributed by atoms with van der Waals surface area (Å²) in [7, 11) is -3.57. The molecule has 0 bridgehead atoms. The fourth-order valence-corrected chi connectivity index (χ4v) is 3.65. The van der Waals surface area contributed by atoms with Gasteiger partial charge in [0, 0.05) is 26.2 Å². The molecule has 2 aromatic carbocycles. The van der Waals surface area contributed by atoms with Crippen molar-refractivity contribution in [2.45, 2.75) is 32.0 Å². The Hall–Kier alpha value is -2.58. The highest BCUT2D eigenvalue weighted by Gasteiger charge is 2.23. The van der Waals surface area contributed by atoms with Gasteiger partial charge in [-0.15, -0.1) is 0 Å². The summed E-state index contributed by atoms with van der Waals surface area (Å²) in [6, 6.07) is 16.3. The molecule has 0 aliphatic carbocycles. The minimum absolute atomic E-state index is 0.0327. The third-order valence-electron chi connectivity index (χ3n) is 4.57. The van der Waals surface area contributed by atoms with Crippen molar-refractivity contribution in [2.24, 2.45) is 0 Å². The van der Waals surface area contributed by atoms with Gasteiger partial charge in [-0.2, -0.15) is 8.42 Å². The SMILES string of the molecule is CS(=O)(=O)Oc1ccc(CN(CC2CCCO2)C(=O)NCc2ccccc2)cc1. The number of nitrogens with zero attached hydrogens (tertiary/aromatic N) is 1. The molecule has 0 aromatic heterocycles. The van der Waals surface area contributed by atoms with Gasteiger partial charge in [-0.1, -0.05) is 42.5 Å². The summed E-state index contributed by atoms with van der Waals surface area (Å²) in [5, 5.41) is 2.96. The Morgan fingerprint density at radius 3 is 2.48 bits per heavy atom. The molecule has 1 saturated heterocycles. The Kier molecular flexibility index (Phi) is 7.11. The highest BCUT2D eigenvalue weighted by atomic mass is 32.2. The van der Waals surface area contributed by atoms with Gasteiger partial charge in [-0.3, -0.25) is 0 Å². The first-order valence-corrected chi connectivity index (χ1v) is 11.4. The lowest BCUT2D eigenvalue weighted by atomic mass is 10.2. The molecular weight excluding hydrogens is 392 g/mol. The molecule has 1 fully saturated rings. The van der Waals surface area contributed by atoms with E-state index in [1.54, 1.807) is 29.2 Å². The number of carbonyl (C=O) groups is 1. The average molecular weight is 419 g/mol. The van der Waals surface area contributed by atoms with E-state index in [2.05, 4.69) is 5.32 Å². The van der Waals surface area contributed by atoms with E-state index >= 15 is 0 Å². The molecule has 1 atom stereocenters. The van der Waals surface area contributed by atoms with Gasteiger partial charge in [0.1, 0.15) is 5.75 Å². The smallest absolute Gasteiger partial charge is 0.318 e. The molecule has 8 heteroatoms. The summed E-state index contributed by atoms with van der Waals surface area (Å²) < 4.78 is 33.0. The van der Waals surface area contributed by atoms with Crippen LogP contribution >= 0.6 is 0 Å².